The van der Waals surface area contributed by atoms with Gasteiger partial charge in [-0.15, -0.1) is 0 Å². The van der Waals surface area contributed by atoms with Gasteiger partial charge in [0.1, 0.15) is 23.9 Å². The lowest BCUT2D eigenvalue weighted by atomic mass is 9.94. The van der Waals surface area contributed by atoms with E-state index in [-0.39, 0.29) is 12.5 Å². The van der Waals surface area contributed by atoms with Gasteiger partial charge in [-0.3, -0.25) is 10.2 Å². The molecule has 0 aliphatic heterocycles. The van der Waals surface area contributed by atoms with Crippen LogP contribution in [-0.4, -0.2) is 26.7 Å². The Labute approximate surface area is 112 Å². The molecule has 106 valence electrons. The van der Waals surface area contributed by atoms with Crippen LogP contribution in [0.15, 0.2) is 18.2 Å². The van der Waals surface area contributed by atoms with Crippen LogP contribution in [0.2, 0.25) is 0 Å². The molecule has 0 aliphatic carbocycles. The van der Waals surface area contributed by atoms with Crippen LogP contribution < -0.4 is 25.5 Å². The second-order valence-corrected chi connectivity index (χ2v) is 4.69. The van der Waals surface area contributed by atoms with Crippen LogP contribution in [0.1, 0.15) is 13.8 Å². The molecule has 0 radical (unpaired) electrons. The number of carbonyl (C=O) groups excluding carboxylic acids is 1. The summed E-state index contributed by atoms with van der Waals surface area (Å²) in [5.41, 5.74) is 1.39. The molecule has 3 N–H and O–H groups in total. The zero-order chi connectivity index (χ0) is 14.5. The molecule has 19 heavy (non-hydrogen) atoms. The lowest BCUT2D eigenvalue weighted by molar-refractivity contribution is -0.130. The smallest absolute Gasteiger partial charge is 0.242 e. The highest BCUT2D eigenvalue weighted by atomic mass is 16.5. The topological polar surface area (TPSA) is 82.8 Å². The lowest BCUT2D eigenvalue weighted by Gasteiger charge is -2.22. The largest absolute Gasteiger partial charge is 0.496 e. The first kappa shape index (κ1) is 15.1. The highest BCUT2D eigenvalue weighted by molar-refractivity contribution is 5.81. The summed E-state index contributed by atoms with van der Waals surface area (Å²) >= 11 is 0. The maximum atomic E-state index is 11.5. The molecule has 0 fully saturated rings. The standard InChI is InChI=1S/C13H20N2O4/c1-13(2,12(16)15-14)8-19-11-6-9(17-3)5-10(7-11)18-4/h5-7H,8,14H2,1-4H3,(H,15,16). The van der Waals surface area contributed by atoms with Crippen LogP contribution in [0, 0.1) is 5.41 Å². The number of ether oxygens (including phenoxy) is 3. The highest BCUT2D eigenvalue weighted by Crippen LogP contribution is 2.28. The van der Waals surface area contributed by atoms with Gasteiger partial charge in [-0.25, -0.2) is 5.84 Å². The van der Waals surface area contributed by atoms with Gasteiger partial charge in [0.05, 0.1) is 19.6 Å². The number of nitrogens with two attached hydrogens (primary N) is 1. The number of amides is 1. The fourth-order valence-corrected chi connectivity index (χ4v) is 1.39. The molecule has 0 heterocycles. The first-order chi connectivity index (χ1) is 8.92. The summed E-state index contributed by atoms with van der Waals surface area (Å²) < 4.78 is 15.9. The summed E-state index contributed by atoms with van der Waals surface area (Å²) in [4.78, 5) is 11.5. The minimum atomic E-state index is -0.731. The van der Waals surface area contributed by atoms with Crippen LogP contribution in [0.5, 0.6) is 17.2 Å². The van der Waals surface area contributed by atoms with Gasteiger partial charge in [-0.1, -0.05) is 0 Å². The van der Waals surface area contributed by atoms with Crippen molar-refractivity contribution in [3.8, 4) is 17.2 Å². The molecule has 0 aliphatic rings. The summed E-state index contributed by atoms with van der Waals surface area (Å²) in [5.74, 6) is 6.64. The second-order valence-electron chi connectivity index (χ2n) is 4.69. The van der Waals surface area contributed by atoms with Crippen molar-refractivity contribution in [2.24, 2.45) is 11.3 Å². The van der Waals surface area contributed by atoms with Gasteiger partial charge >= 0.3 is 0 Å². The zero-order valence-corrected chi connectivity index (χ0v) is 11.6. The summed E-state index contributed by atoms with van der Waals surface area (Å²) in [6, 6.07) is 5.18. The number of hydrogen-bond acceptors (Lipinski definition) is 5. The second kappa shape index (κ2) is 6.29. The maximum absolute atomic E-state index is 11.5. The normalized spacial score (nSPS) is 10.8. The third-order valence-corrected chi connectivity index (χ3v) is 2.67. The molecule has 0 atom stereocenters. The minimum absolute atomic E-state index is 0.187. The SMILES string of the molecule is COc1cc(OC)cc(OCC(C)(C)C(=O)NN)c1. The molecule has 6 nitrogen and oxygen atoms in total. The van der Waals surface area contributed by atoms with E-state index in [1.807, 2.05) is 0 Å². The van der Waals surface area contributed by atoms with Crippen LogP contribution in [0.3, 0.4) is 0 Å². The molecule has 1 amide bonds. The van der Waals surface area contributed by atoms with Crippen molar-refractivity contribution < 1.29 is 19.0 Å². The van der Waals surface area contributed by atoms with Gasteiger partial charge < -0.3 is 14.2 Å². The summed E-state index contributed by atoms with van der Waals surface area (Å²) in [7, 11) is 3.12. The maximum Gasteiger partial charge on any atom is 0.242 e. The number of carbonyl (C=O) groups is 1. The van der Waals surface area contributed by atoms with Gasteiger partial charge in [0.2, 0.25) is 5.91 Å². The first-order valence-corrected chi connectivity index (χ1v) is 5.80. The summed E-state index contributed by atoms with van der Waals surface area (Å²) in [6.07, 6.45) is 0. The number of rotatable bonds is 6. The fraction of sp³-hybridized carbons (Fsp3) is 0.462. The van der Waals surface area contributed by atoms with Crippen molar-refractivity contribution in [2.75, 3.05) is 20.8 Å². The quantitative estimate of drug-likeness (QED) is 0.458. The lowest BCUT2D eigenvalue weighted by Crippen LogP contribution is -2.44. The van der Waals surface area contributed by atoms with Crippen molar-refractivity contribution in [3.63, 3.8) is 0 Å². The first-order valence-electron chi connectivity index (χ1n) is 5.80. The fourth-order valence-electron chi connectivity index (χ4n) is 1.39. The van der Waals surface area contributed by atoms with E-state index in [2.05, 4.69) is 5.43 Å². The van der Waals surface area contributed by atoms with E-state index < -0.39 is 5.41 Å². The Hall–Kier alpha value is -1.95. The zero-order valence-electron chi connectivity index (χ0n) is 11.6. The predicted molar refractivity (Wildman–Crippen MR) is 71.2 cm³/mol. The molecule has 6 heteroatoms. The Kier molecular flexibility index (Phi) is 5.00. The van der Waals surface area contributed by atoms with Gasteiger partial charge in [-0.2, -0.15) is 0 Å². The van der Waals surface area contributed by atoms with Crippen LogP contribution >= 0.6 is 0 Å². The molecule has 1 aromatic rings. The molecule has 0 bridgehead atoms. The summed E-state index contributed by atoms with van der Waals surface area (Å²) in [6.45, 7) is 3.67. The van der Waals surface area contributed by atoms with Crippen LogP contribution in [0.4, 0.5) is 0 Å². The van der Waals surface area contributed by atoms with Crippen molar-refractivity contribution in [3.05, 3.63) is 18.2 Å². The van der Waals surface area contributed by atoms with E-state index in [9.17, 15) is 4.79 Å². The number of methoxy groups -OCH3 is 2. The van der Waals surface area contributed by atoms with E-state index in [4.69, 9.17) is 20.1 Å². The Bertz CT molecular complexity index is 424. The monoisotopic (exact) mass is 268 g/mol. The molecule has 0 aromatic heterocycles. The van der Waals surface area contributed by atoms with Crippen LogP contribution in [0.25, 0.3) is 0 Å². The van der Waals surface area contributed by atoms with E-state index in [0.29, 0.717) is 17.2 Å². The molecule has 0 saturated heterocycles. The van der Waals surface area contributed by atoms with Crippen molar-refractivity contribution in [1.82, 2.24) is 5.43 Å². The van der Waals surface area contributed by atoms with E-state index >= 15 is 0 Å². The Morgan fingerprint density at radius 3 is 2.05 bits per heavy atom. The van der Waals surface area contributed by atoms with Crippen molar-refractivity contribution in [2.45, 2.75) is 13.8 Å². The van der Waals surface area contributed by atoms with E-state index in [1.165, 1.54) is 0 Å². The van der Waals surface area contributed by atoms with Gasteiger partial charge in [0.15, 0.2) is 0 Å². The molecule has 0 spiro atoms. The van der Waals surface area contributed by atoms with E-state index in [1.54, 1.807) is 46.3 Å². The van der Waals surface area contributed by atoms with Crippen molar-refractivity contribution in [1.29, 1.82) is 0 Å². The molecule has 1 aromatic carbocycles. The third-order valence-electron chi connectivity index (χ3n) is 2.67. The number of hydrogen-bond donors (Lipinski definition) is 2. The van der Waals surface area contributed by atoms with Gasteiger partial charge in [0, 0.05) is 18.2 Å². The third kappa shape index (κ3) is 4.03. The average Bonchev–Trinajstić information content (AvgIpc) is 2.43. The number of hydrazine groups is 1. The van der Waals surface area contributed by atoms with Gasteiger partial charge in [0.25, 0.3) is 0 Å². The Morgan fingerprint density at radius 2 is 1.63 bits per heavy atom. The average molecular weight is 268 g/mol. The molecule has 0 saturated carbocycles. The van der Waals surface area contributed by atoms with Crippen molar-refractivity contribution >= 4 is 5.91 Å². The number of benzene rings is 1. The predicted octanol–water partition coefficient (Wildman–Crippen LogP) is 1.10. The molecular weight excluding hydrogens is 248 g/mol. The summed E-state index contributed by atoms with van der Waals surface area (Å²) in [5, 5.41) is 0. The molecule has 1 rings (SSSR count). The Balaban J connectivity index is 2.80. The Morgan fingerprint density at radius 1 is 1.16 bits per heavy atom. The minimum Gasteiger partial charge on any atom is -0.496 e. The van der Waals surface area contributed by atoms with E-state index in [0.717, 1.165) is 0 Å². The highest BCUT2D eigenvalue weighted by Gasteiger charge is 2.28. The van der Waals surface area contributed by atoms with Crippen LogP contribution in [-0.2, 0) is 4.79 Å². The number of nitrogens with one attached hydrogen (secondary N) is 1. The molecule has 0 unspecified atom stereocenters. The van der Waals surface area contributed by atoms with Gasteiger partial charge in [-0.05, 0) is 13.8 Å². The molecular formula is C13H20N2O4.